The highest BCUT2D eigenvalue weighted by molar-refractivity contribution is 9.10. The van der Waals surface area contributed by atoms with E-state index in [0.29, 0.717) is 5.92 Å². The van der Waals surface area contributed by atoms with E-state index in [4.69, 9.17) is 4.74 Å². The van der Waals surface area contributed by atoms with E-state index >= 15 is 0 Å². The van der Waals surface area contributed by atoms with Gasteiger partial charge in [-0.25, -0.2) is 0 Å². The number of nitrogens with one attached hydrogen (secondary N) is 1. The second-order valence-corrected chi connectivity index (χ2v) is 6.02. The van der Waals surface area contributed by atoms with Crippen molar-refractivity contribution in [3.63, 3.8) is 0 Å². The summed E-state index contributed by atoms with van der Waals surface area (Å²) in [6.07, 6.45) is 3.58. The molecule has 0 saturated carbocycles. The zero-order valence-corrected chi connectivity index (χ0v) is 13.9. The zero-order valence-electron chi connectivity index (χ0n) is 12.3. The minimum atomic E-state index is 0.487. The lowest BCUT2D eigenvalue weighted by atomic mass is 10.0. The third-order valence-electron chi connectivity index (χ3n) is 3.10. The van der Waals surface area contributed by atoms with Crippen molar-refractivity contribution in [3.05, 3.63) is 28.2 Å². The van der Waals surface area contributed by atoms with Crippen LogP contribution in [0.25, 0.3) is 0 Å². The molecule has 3 heteroatoms. The Morgan fingerprint density at radius 1 is 1.21 bits per heavy atom. The molecule has 0 unspecified atom stereocenters. The second kappa shape index (κ2) is 9.38. The first-order valence-electron chi connectivity index (χ1n) is 7.28. The van der Waals surface area contributed by atoms with Crippen molar-refractivity contribution in [2.24, 2.45) is 0 Å². The van der Waals surface area contributed by atoms with E-state index in [-0.39, 0.29) is 0 Å². The molecule has 0 amide bonds. The van der Waals surface area contributed by atoms with Crippen LogP contribution in [0.4, 0.5) is 0 Å². The van der Waals surface area contributed by atoms with E-state index in [1.54, 1.807) is 0 Å². The summed E-state index contributed by atoms with van der Waals surface area (Å²) in [6, 6.07) is 6.27. The molecule has 0 saturated heterocycles. The van der Waals surface area contributed by atoms with Crippen molar-refractivity contribution in [1.29, 1.82) is 0 Å². The lowest BCUT2D eigenvalue weighted by Crippen LogP contribution is -2.14. The van der Waals surface area contributed by atoms with Crippen LogP contribution in [0.1, 0.15) is 51.5 Å². The van der Waals surface area contributed by atoms with Gasteiger partial charge in [0.25, 0.3) is 0 Å². The highest BCUT2D eigenvalue weighted by Crippen LogP contribution is 2.29. The summed E-state index contributed by atoms with van der Waals surface area (Å²) in [6.45, 7) is 9.53. The Balaban J connectivity index is 2.33. The minimum absolute atomic E-state index is 0.487. The summed E-state index contributed by atoms with van der Waals surface area (Å²) in [5, 5.41) is 3.34. The van der Waals surface area contributed by atoms with Gasteiger partial charge < -0.3 is 10.1 Å². The van der Waals surface area contributed by atoms with Gasteiger partial charge in [-0.2, -0.15) is 0 Å². The van der Waals surface area contributed by atoms with Crippen LogP contribution in [-0.4, -0.2) is 19.7 Å². The van der Waals surface area contributed by atoms with Crippen LogP contribution in [0.15, 0.2) is 22.7 Å². The van der Waals surface area contributed by atoms with Gasteiger partial charge in [0.05, 0.1) is 6.61 Å². The molecule has 0 fully saturated rings. The number of benzene rings is 1. The van der Waals surface area contributed by atoms with E-state index < -0.39 is 0 Å². The lowest BCUT2D eigenvalue weighted by molar-refractivity contribution is 0.301. The van der Waals surface area contributed by atoms with Gasteiger partial charge in [-0.05, 0) is 62.0 Å². The van der Waals surface area contributed by atoms with Gasteiger partial charge in [0, 0.05) is 4.47 Å². The van der Waals surface area contributed by atoms with E-state index in [1.807, 2.05) is 6.07 Å². The predicted octanol–water partition coefficient (Wildman–Crippen LogP) is 4.73. The zero-order chi connectivity index (χ0) is 14.1. The summed E-state index contributed by atoms with van der Waals surface area (Å²) in [5.41, 5.74) is 1.28. The average molecular weight is 328 g/mol. The number of hydrogen-bond acceptors (Lipinski definition) is 2. The molecule has 0 aromatic heterocycles. The first-order valence-corrected chi connectivity index (χ1v) is 8.07. The molecule has 0 aliphatic heterocycles. The van der Waals surface area contributed by atoms with Crippen LogP contribution in [0.5, 0.6) is 5.75 Å². The first-order chi connectivity index (χ1) is 9.15. The van der Waals surface area contributed by atoms with Crippen molar-refractivity contribution >= 4 is 15.9 Å². The number of hydrogen-bond donors (Lipinski definition) is 1. The number of unbranched alkanes of at least 4 members (excludes halogenated alkanes) is 2. The maximum atomic E-state index is 5.92. The topological polar surface area (TPSA) is 21.3 Å². The molecule has 0 heterocycles. The molecule has 0 radical (unpaired) electrons. The van der Waals surface area contributed by atoms with Crippen LogP contribution in [0.3, 0.4) is 0 Å². The van der Waals surface area contributed by atoms with Gasteiger partial charge >= 0.3 is 0 Å². The molecule has 108 valence electrons. The molecule has 0 bridgehead atoms. The summed E-state index contributed by atoms with van der Waals surface area (Å²) in [4.78, 5) is 0. The summed E-state index contributed by atoms with van der Waals surface area (Å²) in [7, 11) is 0. The van der Waals surface area contributed by atoms with Crippen molar-refractivity contribution < 1.29 is 4.74 Å². The molecular weight excluding hydrogens is 302 g/mol. The van der Waals surface area contributed by atoms with Gasteiger partial charge in [-0.15, -0.1) is 0 Å². The fraction of sp³-hybridized carbons (Fsp3) is 0.625. The first kappa shape index (κ1) is 16.5. The van der Waals surface area contributed by atoms with Crippen LogP contribution in [0, 0.1) is 0 Å². The van der Waals surface area contributed by atoms with Gasteiger partial charge in [0.2, 0.25) is 0 Å². The fourth-order valence-electron chi connectivity index (χ4n) is 1.99. The highest BCUT2D eigenvalue weighted by atomic mass is 79.9. The maximum absolute atomic E-state index is 5.92. The standard InChI is InChI=1S/C16H26BrNO/c1-4-18-10-6-5-7-11-19-16-9-8-14(17)12-15(16)13(2)3/h8-9,12-13,18H,4-7,10-11H2,1-3H3. The normalized spacial score (nSPS) is 11.0. The minimum Gasteiger partial charge on any atom is -0.493 e. The van der Waals surface area contributed by atoms with Gasteiger partial charge in [-0.1, -0.05) is 36.7 Å². The Labute approximate surface area is 126 Å². The molecule has 0 aliphatic carbocycles. The molecule has 1 aromatic carbocycles. The highest BCUT2D eigenvalue weighted by Gasteiger charge is 2.08. The molecule has 19 heavy (non-hydrogen) atoms. The largest absolute Gasteiger partial charge is 0.493 e. The molecule has 1 rings (SSSR count). The predicted molar refractivity (Wildman–Crippen MR) is 86.1 cm³/mol. The summed E-state index contributed by atoms with van der Waals surface area (Å²) in [5.74, 6) is 1.52. The van der Waals surface area contributed by atoms with Crippen LogP contribution < -0.4 is 10.1 Å². The van der Waals surface area contributed by atoms with E-state index in [9.17, 15) is 0 Å². The SMILES string of the molecule is CCNCCCCCOc1ccc(Br)cc1C(C)C. The third kappa shape index (κ3) is 6.44. The number of rotatable bonds is 9. The number of halogens is 1. The fourth-order valence-corrected chi connectivity index (χ4v) is 2.37. The maximum Gasteiger partial charge on any atom is 0.122 e. The van der Waals surface area contributed by atoms with Crippen LogP contribution >= 0.6 is 15.9 Å². The average Bonchev–Trinajstić information content (AvgIpc) is 2.39. The van der Waals surface area contributed by atoms with Crippen molar-refractivity contribution in [1.82, 2.24) is 5.32 Å². The second-order valence-electron chi connectivity index (χ2n) is 5.10. The van der Waals surface area contributed by atoms with Crippen LogP contribution in [-0.2, 0) is 0 Å². The molecular formula is C16H26BrNO. The molecule has 2 nitrogen and oxygen atoms in total. The smallest absolute Gasteiger partial charge is 0.122 e. The Hall–Kier alpha value is -0.540. The quantitative estimate of drug-likeness (QED) is 0.662. The van der Waals surface area contributed by atoms with E-state index in [1.165, 1.54) is 18.4 Å². The van der Waals surface area contributed by atoms with Gasteiger partial charge in [-0.3, -0.25) is 0 Å². The summed E-state index contributed by atoms with van der Waals surface area (Å²) < 4.78 is 7.04. The Kier molecular flexibility index (Phi) is 8.15. The van der Waals surface area contributed by atoms with Gasteiger partial charge in [0.15, 0.2) is 0 Å². The molecule has 0 atom stereocenters. The van der Waals surface area contributed by atoms with Crippen molar-refractivity contribution in [2.45, 2.75) is 46.0 Å². The number of ether oxygens (including phenoxy) is 1. The Bertz CT molecular complexity index is 366. The van der Waals surface area contributed by atoms with Gasteiger partial charge in [0.1, 0.15) is 5.75 Å². The Morgan fingerprint density at radius 3 is 2.68 bits per heavy atom. The lowest BCUT2D eigenvalue weighted by Gasteiger charge is -2.14. The monoisotopic (exact) mass is 327 g/mol. The molecule has 0 aliphatic rings. The van der Waals surface area contributed by atoms with E-state index in [0.717, 1.165) is 36.3 Å². The molecule has 1 aromatic rings. The van der Waals surface area contributed by atoms with Crippen molar-refractivity contribution in [2.75, 3.05) is 19.7 Å². The Morgan fingerprint density at radius 2 is 2.00 bits per heavy atom. The summed E-state index contributed by atoms with van der Waals surface area (Å²) >= 11 is 3.52. The van der Waals surface area contributed by atoms with Crippen molar-refractivity contribution in [3.8, 4) is 5.75 Å². The molecule has 0 spiro atoms. The van der Waals surface area contributed by atoms with E-state index in [2.05, 4.69) is 54.2 Å². The molecule has 1 N–H and O–H groups in total. The van der Waals surface area contributed by atoms with Crippen LogP contribution in [0.2, 0.25) is 0 Å². The third-order valence-corrected chi connectivity index (χ3v) is 3.59.